The molecule has 0 saturated heterocycles. The highest BCUT2D eigenvalue weighted by Crippen LogP contribution is 2.35. The van der Waals surface area contributed by atoms with Gasteiger partial charge in [-0.25, -0.2) is 9.97 Å². The summed E-state index contributed by atoms with van der Waals surface area (Å²) in [5, 5.41) is 7.65. The quantitative estimate of drug-likeness (QED) is 0.941. The molecule has 1 saturated carbocycles. The number of nitrogens with one attached hydrogen (secondary N) is 1. The van der Waals surface area contributed by atoms with Crippen LogP contribution < -0.4 is 5.32 Å². The molecular formula is C16H23N5. The Kier molecular flexibility index (Phi) is 3.66. The third kappa shape index (κ3) is 2.52. The number of nitrogens with zero attached hydrogens (tertiary/aromatic N) is 4. The molecule has 112 valence electrons. The van der Waals surface area contributed by atoms with Gasteiger partial charge < -0.3 is 5.32 Å². The van der Waals surface area contributed by atoms with Gasteiger partial charge in [0.15, 0.2) is 5.82 Å². The van der Waals surface area contributed by atoms with E-state index in [9.17, 15) is 0 Å². The van der Waals surface area contributed by atoms with Crippen LogP contribution in [0.1, 0.15) is 48.7 Å². The molecule has 2 aromatic rings. The van der Waals surface area contributed by atoms with Crippen molar-refractivity contribution in [2.45, 2.75) is 45.4 Å². The van der Waals surface area contributed by atoms with Crippen LogP contribution in [-0.4, -0.2) is 26.8 Å². The lowest BCUT2D eigenvalue weighted by Crippen LogP contribution is -2.04. The zero-order valence-corrected chi connectivity index (χ0v) is 13.3. The Morgan fingerprint density at radius 2 is 1.90 bits per heavy atom. The van der Waals surface area contributed by atoms with E-state index in [-0.39, 0.29) is 0 Å². The molecule has 0 bridgehead atoms. The minimum atomic E-state index is 0.580. The Balaban J connectivity index is 2.11. The summed E-state index contributed by atoms with van der Waals surface area (Å²) in [6, 6.07) is 2.10. The molecule has 5 heteroatoms. The van der Waals surface area contributed by atoms with Crippen LogP contribution in [0.5, 0.6) is 0 Å². The minimum absolute atomic E-state index is 0.580. The van der Waals surface area contributed by atoms with Crippen molar-refractivity contribution in [2.24, 2.45) is 7.05 Å². The van der Waals surface area contributed by atoms with Crippen molar-refractivity contribution in [3.63, 3.8) is 0 Å². The molecular weight excluding hydrogens is 262 g/mol. The van der Waals surface area contributed by atoms with Crippen molar-refractivity contribution < 1.29 is 0 Å². The molecule has 0 amide bonds. The van der Waals surface area contributed by atoms with Gasteiger partial charge in [-0.05, 0) is 26.7 Å². The predicted molar refractivity (Wildman–Crippen MR) is 84.5 cm³/mol. The molecule has 1 fully saturated rings. The topological polar surface area (TPSA) is 55.6 Å². The second kappa shape index (κ2) is 5.47. The van der Waals surface area contributed by atoms with Crippen molar-refractivity contribution in [3.8, 4) is 11.4 Å². The van der Waals surface area contributed by atoms with Gasteiger partial charge in [0, 0.05) is 37.5 Å². The Hall–Kier alpha value is -1.91. The second-order valence-corrected chi connectivity index (χ2v) is 5.90. The van der Waals surface area contributed by atoms with E-state index in [0.29, 0.717) is 5.92 Å². The summed E-state index contributed by atoms with van der Waals surface area (Å²) >= 11 is 0. The predicted octanol–water partition coefficient (Wildman–Crippen LogP) is 3.19. The maximum Gasteiger partial charge on any atom is 0.165 e. The lowest BCUT2D eigenvalue weighted by atomic mass is 10.0. The molecule has 0 spiro atoms. The van der Waals surface area contributed by atoms with Gasteiger partial charge >= 0.3 is 0 Å². The number of aromatic nitrogens is 4. The van der Waals surface area contributed by atoms with Gasteiger partial charge in [0.1, 0.15) is 5.82 Å². The molecule has 0 aromatic carbocycles. The third-order valence-electron chi connectivity index (χ3n) is 4.51. The fourth-order valence-electron chi connectivity index (χ4n) is 3.23. The van der Waals surface area contributed by atoms with Gasteiger partial charge in [0.25, 0.3) is 0 Å². The van der Waals surface area contributed by atoms with Gasteiger partial charge in [-0.3, -0.25) is 4.68 Å². The van der Waals surface area contributed by atoms with Crippen LogP contribution in [0.3, 0.4) is 0 Å². The van der Waals surface area contributed by atoms with Gasteiger partial charge in [-0.15, -0.1) is 0 Å². The zero-order valence-electron chi connectivity index (χ0n) is 13.3. The number of hydrogen-bond acceptors (Lipinski definition) is 4. The van der Waals surface area contributed by atoms with E-state index in [1.165, 1.54) is 31.4 Å². The van der Waals surface area contributed by atoms with E-state index < -0.39 is 0 Å². The summed E-state index contributed by atoms with van der Waals surface area (Å²) in [4.78, 5) is 9.52. The zero-order chi connectivity index (χ0) is 15.0. The molecule has 0 atom stereocenters. The number of aryl methyl sites for hydroxylation is 2. The van der Waals surface area contributed by atoms with E-state index in [4.69, 9.17) is 4.98 Å². The number of hydrogen-bond donors (Lipinski definition) is 1. The maximum atomic E-state index is 4.86. The molecule has 1 N–H and O–H groups in total. The van der Waals surface area contributed by atoms with Crippen LogP contribution in [0.4, 0.5) is 5.82 Å². The first-order valence-corrected chi connectivity index (χ1v) is 7.67. The lowest BCUT2D eigenvalue weighted by molar-refractivity contribution is 0.695. The fraction of sp³-hybridized carbons (Fsp3) is 0.562. The van der Waals surface area contributed by atoms with E-state index in [1.54, 1.807) is 0 Å². The number of anilines is 1. The average Bonchev–Trinajstić information content (AvgIpc) is 3.08. The van der Waals surface area contributed by atoms with Crippen molar-refractivity contribution in [2.75, 3.05) is 12.4 Å². The first kappa shape index (κ1) is 14.0. The van der Waals surface area contributed by atoms with Gasteiger partial charge in [0.05, 0.1) is 11.3 Å². The highest BCUT2D eigenvalue weighted by Gasteiger charge is 2.22. The molecule has 21 heavy (non-hydrogen) atoms. The van der Waals surface area contributed by atoms with Crippen molar-refractivity contribution in [1.82, 2.24) is 19.7 Å². The van der Waals surface area contributed by atoms with Crippen LogP contribution in [-0.2, 0) is 7.05 Å². The summed E-state index contributed by atoms with van der Waals surface area (Å²) in [7, 11) is 3.87. The van der Waals surface area contributed by atoms with Gasteiger partial charge in [0.2, 0.25) is 0 Å². The minimum Gasteiger partial charge on any atom is -0.373 e. The highest BCUT2D eigenvalue weighted by atomic mass is 15.3. The van der Waals surface area contributed by atoms with Crippen molar-refractivity contribution in [3.05, 3.63) is 23.1 Å². The SMILES string of the molecule is CNc1cc(C2CCCC2)nc(-c2c(C)nn(C)c2C)n1. The average molecular weight is 285 g/mol. The molecule has 0 radical (unpaired) electrons. The smallest absolute Gasteiger partial charge is 0.165 e. The molecule has 1 aliphatic rings. The molecule has 0 aliphatic heterocycles. The maximum absolute atomic E-state index is 4.86. The Morgan fingerprint density at radius 1 is 1.19 bits per heavy atom. The van der Waals surface area contributed by atoms with E-state index >= 15 is 0 Å². The van der Waals surface area contributed by atoms with E-state index in [2.05, 4.69) is 28.4 Å². The molecule has 0 unspecified atom stereocenters. The first-order chi connectivity index (χ1) is 10.1. The molecule has 2 heterocycles. The monoisotopic (exact) mass is 285 g/mol. The fourth-order valence-corrected chi connectivity index (χ4v) is 3.23. The summed E-state index contributed by atoms with van der Waals surface area (Å²) in [6.07, 6.45) is 5.10. The summed E-state index contributed by atoms with van der Waals surface area (Å²) in [5.74, 6) is 2.27. The summed E-state index contributed by atoms with van der Waals surface area (Å²) < 4.78 is 1.90. The summed E-state index contributed by atoms with van der Waals surface area (Å²) in [5.41, 5.74) is 4.33. The van der Waals surface area contributed by atoms with Crippen molar-refractivity contribution in [1.29, 1.82) is 0 Å². The lowest BCUT2D eigenvalue weighted by Gasteiger charge is -2.12. The first-order valence-electron chi connectivity index (χ1n) is 7.67. The largest absolute Gasteiger partial charge is 0.373 e. The van der Waals surface area contributed by atoms with Crippen LogP contribution in [0.2, 0.25) is 0 Å². The molecule has 5 nitrogen and oxygen atoms in total. The molecule has 3 rings (SSSR count). The Bertz CT molecular complexity index is 653. The Morgan fingerprint density at radius 3 is 2.48 bits per heavy atom. The van der Waals surface area contributed by atoms with Crippen LogP contribution in [0.15, 0.2) is 6.07 Å². The van der Waals surface area contributed by atoms with Crippen LogP contribution in [0.25, 0.3) is 11.4 Å². The highest BCUT2D eigenvalue weighted by molar-refractivity contribution is 5.63. The standard InChI is InChI=1S/C16H23N5/c1-10-15(11(2)21(4)20-10)16-18-13(9-14(17-3)19-16)12-7-5-6-8-12/h9,12H,5-8H2,1-4H3,(H,17,18,19). The molecule has 1 aliphatic carbocycles. The normalized spacial score (nSPS) is 15.6. The van der Waals surface area contributed by atoms with Gasteiger partial charge in [-0.2, -0.15) is 5.10 Å². The number of rotatable bonds is 3. The second-order valence-electron chi connectivity index (χ2n) is 5.90. The summed E-state index contributed by atoms with van der Waals surface area (Å²) in [6.45, 7) is 4.09. The Labute approximate surface area is 125 Å². The van der Waals surface area contributed by atoms with Crippen LogP contribution >= 0.6 is 0 Å². The van der Waals surface area contributed by atoms with Crippen molar-refractivity contribution >= 4 is 5.82 Å². The van der Waals surface area contributed by atoms with E-state index in [0.717, 1.165) is 28.6 Å². The van der Waals surface area contributed by atoms with E-state index in [1.807, 2.05) is 25.7 Å². The third-order valence-corrected chi connectivity index (χ3v) is 4.51. The van der Waals surface area contributed by atoms with Gasteiger partial charge in [-0.1, -0.05) is 12.8 Å². The molecule has 2 aromatic heterocycles. The van der Waals surface area contributed by atoms with Crippen LogP contribution in [0, 0.1) is 13.8 Å².